The molecule has 1 aromatic heterocycles. The molecule has 3 N–H and O–H groups in total. The highest BCUT2D eigenvalue weighted by atomic mass is 16.5. The fourth-order valence-corrected chi connectivity index (χ4v) is 4.51. The van der Waals surface area contributed by atoms with Gasteiger partial charge in [-0.2, -0.15) is 0 Å². The molecule has 3 aromatic rings. The number of benzene rings is 2. The lowest BCUT2D eigenvalue weighted by molar-refractivity contribution is -0.133. The van der Waals surface area contributed by atoms with Crippen molar-refractivity contribution in [1.29, 1.82) is 0 Å². The Kier molecular flexibility index (Phi) is 7.40. The number of pyridine rings is 1. The second-order valence-electron chi connectivity index (χ2n) is 8.68. The number of nitrogens with one attached hydrogen (secondary N) is 2. The summed E-state index contributed by atoms with van der Waals surface area (Å²) >= 11 is 0. The molecule has 178 valence electrons. The van der Waals surface area contributed by atoms with Crippen LogP contribution in [-0.2, 0) is 11.4 Å². The number of rotatable bonds is 8. The van der Waals surface area contributed by atoms with Crippen LogP contribution in [-0.4, -0.2) is 52.6 Å². The molecular formula is C26H30N4O4. The van der Waals surface area contributed by atoms with Gasteiger partial charge in [-0.15, -0.1) is 0 Å². The van der Waals surface area contributed by atoms with Gasteiger partial charge in [0.15, 0.2) is 0 Å². The molecule has 2 atom stereocenters. The van der Waals surface area contributed by atoms with Crippen LogP contribution in [0, 0.1) is 12.8 Å². The van der Waals surface area contributed by atoms with Crippen LogP contribution < -0.4 is 15.5 Å². The highest BCUT2D eigenvalue weighted by Crippen LogP contribution is 2.22. The lowest BCUT2D eigenvalue weighted by Gasteiger charge is -2.18. The van der Waals surface area contributed by atoms with Gasteiger partial charge >= 0.3 is 0 Å². The van der Waals surface area contributed by atoms with Crippen molar-refractivity contribution in [1.82, 2.24) is 20.7 Å². The molecule has 0 aliphatic carbocycles. The standard InChI is InChI=1S/C26H30N4O4/c1-3-12-30-14-22(26(32)29-33)24(15-30)28-25(31)18-8-10-20(11-9-18)34-16-19-13-17(2)27-23-7-5-4-6-21(19)23/h4-11,13,22,24,33H,3,12,14-16H2,1-2H3,(H,28,31)(H,29,32)/t22-,24+/m0/s1. The maximum atomic E-state index is 12.8. The monoisotopic (exact) mass is 462 g/mol. The zero-order chi connectivity index (χ0) is 24.1. The molecule has 8 heteroatoms. The Morgan fingerprint density at radius 3 is 2.65 bits per heavy atom. The molecule has 2 amide bonds. The Balaban J connectivity index is 1.40. The maximum Gasteiger partial charge on any atom is 0.251 e. The van der Waals surface area contributed by atoms with Gasteiger partial charge in [-0.05, 0) is 56.3 Å². The van der Waals surface area contributed by atoms with E-state index in [0.717, 1.165) is 35.1 Å². The van der Waals surface area contributed by atoms with E-state index >= 15 is 0 Å². The van der Waals surface area contributed by atoms with Crippen molar-refractivity contribution < 1.29 is 19.5 Å². The molecule has 1 aliphatic rings. The summed E-state index contributed by atoms with van der Waals surface area (Å²) in [5.74, 6) is -0.586. The number of aryl methyl sites for hydroxylation is 1. The molecule has 1 aliphatic heterocycles. The average molecular weight is 463 g/mol. The minimum absolute atomic E-state index is 0.263. The van der Waals surface area contributed by atoms with E-state index < -0.39 is 11.8 Å². The average Bonchev–Trinajstić information content (AvgIpc) is 3.24. The smallest absolute Gasteiger partial charge is 0.251 e. The van der Waals surface area contributed by atoms with Gasteiger partial charge in [0.05, 0.1) is 17.5 Å². The SMILES string of the molecule is CCCN1C[C@H](C(=O)NO)[C@H](NC(=O)c2ccc(OCc3cc(C)nc4ccccc34)cc2)C1. The van der Waals surface area contributed by atoms with Crippen LogP contribution >= 0.6 is 0 Å². The summed E-state index contributed by atoms with van der Waals surface area (Å²) in [6, 6.07) is 16.6. The zero-order valence-corrected chi connectivity index (χ0v) is 19.5. The normalized spacial score (nSPS) is 18.1. The summed E-state index contributed by atoms with van der Waals surface area (Å²) in [5, 5.41) is 13.1. The molecule has 1 saturated heterocycles. The third-order valence-corrected chi connectivity index (χ3v) is 6.14. The van der Waals surface area contributed by atoms with Crippen molar-refractivity contribution in [2.75, 3.05) is 19.6 Å². The Labute approximate surface area is 198 Å². The van der Waals surface area contributed by atoms with Crippen LogP contribution in [0.5, 0.6) is 5.75 Å². The minimum atomic E-state index is -0.498. The number of nitrogens with zero attached hydrogens (tertiary/aromatic N) is 2. The first-order valence-electron chi connectivity index (χ1n) is 11.5. The van der Waals surface area contributed by atoms with Gasteiger partial charge in [0.1, 0.15) is 12.4 Å². The topological polar surface area (TPSA) is 104 Å². The first-order chi connectivity index (χ1) is 16.5. The van der Waals surface area contributed by atoms with Crippen LogP contribution in [0.3, 0.4) is 0 Å². The summed E-state index contributed by atoms with van der Waals surface area (Å²) in [7, 11) is 0. The lowest BCUT2D eigenvalue weighted by atomic mass is 10.0. The van der Waals surface area contributed by atoms with E-state index in [4.69, 9.17) is 9.94 Å². The number of hydrogen-bond acceptors (Lipinski definition) is 6. The molecule has 0 spiro atoms. The number of amides is 2. The van der Waals surface area contributed by atoms with Gasteiger partial charge in [0.2, 0.25) is 5.91 Å². The van der Waals surface area contributed by atoms with Crippen molar-refractivity contribution in [2.45, 2.75) is 32.9 Å². The molecule has 4 rings (SSSR count). The van der Waals surface area contributed by atoms with Gasteiger partial charge in [0.25, 0.3) is 5.91 Å². The van der Waals surface area contributed by atoms with E-state index in [0.29, 0.717) is 31.0 Å². The maximum absolute atomic E-state index is 12.8. The molecule has 0 saturated carbocycles. The van der Waals surface area contributed by atoms with E-state index in [-0.39, 0.29) is 11.9 Å². The van der Waals surface area contributed by atoms with Crippen molar-refractivity contribution in [3.8, 4) is 5.75 Å². The number of carbonyl (C=O) groups excluding carboxylic acids is 2. The van der Waals surface area contributed by atoms with E-state index in [1.807, 2.05) is 37.3 Å². The van der Waals surface area contributed by atoms with Crippen LogP contribution in [0.4, 0.5) is 0 Å². The van der Waals surface area contributed by atoms with Crippen LogP contribution in [0.1, 0.15) is 35.0 Å². The largest absolute Gasteiger partial charge is 0.489 e. The van der Waals surface area contributed by atoms with Gasteiger partial charge in [-0.3, -0.25) is 19.8 Å². The van der Waals surface area contributed by atoms with Crippen LogP contribution in [0.15, 0.2) is 54.6 Å². The minimum Gasteiger partial charge on any atom is -0.489 e. The van der Waals surface area contributed by atoms with Gasteiger partial charge in [-0.25, -0.2) is 5.48 Å². The summed E-state index contributed by atoms with van der Waals surface area (Å²) < 4.78 is 5.98. The van der Waals surface area contributed by atoms with E-state index in [2.05, 4.69) is 22.1 Å². The number of para-hydroxylation sites is 1. The molecule has 34 heavy (non-hydrogen) atoms. The van der Waals surface area contributed by atoms with Crippen molar-refractivity contribution in [2.24, 2.45) is 5.92 Å². The molecule has 2 heterocycles. The van der Waals surface area contributed by atoms with E-state index in [1.54, 1.807) is 29.7 Å². The Hall–Kier alpha value is -3.49. The molecule has 0 bridgehead atoms. The van der Waals surface area contributed by atoms with Gasteiger partial charge in [0, 0.05) is 35.3 Å². The number of aromatic nitrogens is 1. The summed E-state index contributed by atoms with van der Waals surface area (Å²) in [4.78, 5) is 31.6. The van der Waals surface area contributed by atoms with Crippen molar-refractivity contribution in [3.05, 3.63) is 71.4 Å². The van der Waals surface area contributed by atoms with Crippen LogP contribution in [0.25, 0.3) is 10.9 Å². The molecule has 1 fully saturated rings. The quantitative estimate of drug-likeness (QED) is 0.351. The summed E-state index contributed by atoms with van der Waals surface area (Å²) in [6.07, 6.45) is 0.949. The number of hydroxylamine groups is 1. The van der Waals surface area contributed by atoms with Crippen molar-refractivity contribution >= 4 is 22.7 Å². The lowest BCUT2D eigenvalue weighted by Crippen LogP contribution is -2.45. The predicted octanol–water partition coefficient (Wildman–Crippen LogP) is 3.07. The number of hydrogen-bond donors (Lipinski definition) is 3. The third-order valence-electron chi connectivity index (χ3n) is 6.14. The summed E-state index contributed by atoms with van der Waals surface area (Å²) in [5.41, 5.74) is 5.13. The molecule has 2 aromatic carbocycles. The second-order valence-corrected chi connectivity index (χ2v) is 8.68. The molecule has 8 nitrogen and oxygen atoms in total. The second kappa shape index (κ2) is 10.6. The van der Waals surface area contributed by atoms with Gasteiger partial charge < -0.3 is 15.0 Å². The van der Waals surface area contributed by atoms with Crippen LogP contribution in [0.2, 0.25) is 0 Å². The van der Waals surface area contributed by atoms with E-state index in [1.165, 1.54) is 0 Å². The Morgan fingerprint density at radius 2 is 1.91 bits per heavy atom. The number of carbonyl (C=O) groups is 2. The first kappa shape index (κ1) is 23.7. The van der Waals surface area contributed by atoms with E-state index in [9.17, 15) is 9.59 Å². The molecule has 0 radical (unpaired) electrons. The zero-order valence-electron chi connectivity index (χ0n) is 19.5. The Bertz CT molecular complexity index is 1170. The highest BCUT2D eigenvalue weighted by Gasteiger charge is 2.38. The van der Waals surface area contributed by atoms with Crippen molar-refractivity contribution in [3.63, 3.8) is 0 Å². The molecular weight excluding hydrogens is 432 g/mol. The fourth-order valence-electron chi connectivity index (χ4n) is 4.51. The third kappa shape index (κ3) is 5.35. The first-order valence-corrected chi connectivity index (χ1v) is 11.5. The fraction of sp³-hybridized carbons (Fsp3) is 0.346. The molecule has 0 unspecified atom stereocenters. The van der Waals surface area contributed by atoms with Gasteiger partial charge in [-0.1, -0.05) is 25.1 Å². The number of ether oxygens (including phenoxy) is 1. The summed E-state index contributed by atoms with van der Waals surface area (Å²) in [6.45, 7) is 6.32. The number of likely N-dealkylation sites (tertiary alicyclic amines) is 1. The predicted molar refractivity (Wildman–Crippen MR) is 129 cm³/mol. The number of fused-ring (bicyclic) bond motifs is 1. The Morgan fingerprint density at radius 1 is 1.15 bits per heavy atom. The highest BCUT2D eigenvalue weighted by molar-refractivity contribution is 5.95.